The fourth-order valence-electron chi connectivity index (χ4n) is 4.74. The third-order valence-electron chi connectivity index (χ3n) is 6.78. The summed E-state index contributed by atoms with van der Waals surface area (Å²) in [4.78, 5) is 42.2. The molecular weight excluding hydrogens is 613 g/mol. The summed E-state index contributed by atoms with van der Waals surface area (Å²) in [5, 5.41) is 11.1. The Hall–Kier alpha value is -4.81. The SMILES string of the molecule is CCOC(=O)C1=C(C)N=c2s/c(=C\c3cc(Cl)c(OCc4ccc([N+](=O)[O-])cc4)c(OC)c3)c(=O)n2[C@H]1c1ccc(F)cc1. The minimum atomic E-state index is -0.874. The number of nitrogens with zero attached hydrogens (tertiary/aromatic N) is 3. The highest BCUT2D eigenvalue weighted by Crippen LogP contribution is 2.37. The summed E-state index contributed by atoms with van der Waals surface area (Å²) in [5.41, 5.74) is 1.89. The molecule has 226 valence electrons. The maximum absolute atomic E-state index is 13.8. The van der Waals surface area contributed by atoms with Crippen molar-refractivity contribution in [1.29, 1.82) is 0 Å². The summed E-state index contributed by atoms with van der Waals surface area (Å²) in [5.74, 6) is -0.496. The molecule has 1 atom stereocenters. The molecule has 0 bridgehead atoms. The summed E-state index contributed by atoms with van der Waals surface area (Å²) < 4.78 is 32.2. The van der Waals surface area contributed by atoms with Crippen molar-refractivity contribution >= 4 is 40.7 Å². The van der Waals surface area contributed by atoms with Gasteiger partial charge in [0, 0.05) is 12.1 Å². The van der Waals surface area contributed by atoms with Crippen LogP contribution in [0.4, 0.5) is 10.1 Å². The lowest BCUT2D eigenvalue weighted by Gasteiger charge is -2.24. The number of nitro groups is 1. The number of halogens is 2. The van der Waals surface area contributed by atoms with E-state index in [-0.39, 0.29) is 35.2 Å². The lowest BCUT2D eigenvalue weighted by Crippen LogP contribution is -2.39. The zero-order chi connectivity index (χ0) is 31.5. The van der Waals surface area contributed by atoms with Gasteiger partial charge < -0.3 is 14.2 Å². The van der Waals surface area contributed by atoms with E-state index in [1.54, 1.807) is 44.2 Å². The molecule has 0 spiro atoms. The number of thiazole rings is 1. The zero-order valence-electron chi connectivity index (χ0n) is 23.7. The first kappa shape index (κ1) is 30.6. The first-order valence-corrected chi connectivity index (χ1v) is 14.5. The summed E-state index contributed by atoms with van der Waals surface area (Å²) in [6.45, 7) is 3.56. The molecule has 0 aliphatic carbocycles. The first-order valence-electron chi connectivity index (χ1n) is 13.3. The summed E-state index contributed by atoms with van der Waals surface area (Å²) >= 11 is 7.70. The van der Waals surface area contributed by atoms with Crippen molar-refractivity contribution < 1.29 is 28.3 Å². The zero-order valence-corrected chi connectivity index (χ0v) is 25.3. The molecule has 0 saturated carbocycles. The Bertz CT molecular complexity index is 1970. The second-order valence-corrected chi connectivity index (χ2v) is 11.0. The molecule has 0 N–H and O–H groups in total. The second kappa shape index (κ2) is 12.8. The van der Waals surface area contributed by atoms with Gasteiger partial charge in [-0.25, -0.2) is 14.2 Å². The number of benzene rings is 3. The molecule has 2 heterocycles. The molecule has 44 heavy (non-hydrogen) atoms. The minimum Gasteiger partial charge on any atom is -0.493 e. The number of allylic oxidation sites excluding steroid dienone is 1. The normalized spacial score (nSPS) is 14.6. The van der Waals surface area contributed by atoms with E-state index in [4.69, 9.17) is 25.8 Å². The van der Waals surface area contributed by atoms with Crippen molar-refractivity contribution in [1.82, 2.24) is 4.57 Å². The van der Waals surface area contributed by atoms with E-state index in [1.165, 1.54) is 48.1 Å². The number of hydrogen-bond acceptors (Lipinski definition) is 9. The fraction of sp³-hybridized carbons (Fsp3) is 0.194. The number of nitro benzene ring substituents is 1. The second-order valence-electron chi connectivity index (χ2n) is 9.60. The Morgan fingerprint density at radius 2 is 1.89 bits per heavy atom. The molecule has 3 aromatic carbocycles. The van der Waals surface area contributed by atoms with Crippen LogP contribution >= 0.6 is 22.9 Å². The van der Waals surface area contributed by atoms with Gasteiger partial charge in [-0.05, 0) is 73.0 Å². The number of aromatic nitrogens is 1. The number of fused-ring (bicyclic) bond motifs is 1. The maximum atomic E-state index is 13.8. The van der Waals surface area contributed by atoms with Crippen LogP contribution in [0.3, 0.4) is 0 Å². The van der Waals surface area contributed by atoms with Gasteiger partial charge in [-0.2, -0.15) is 0 Å². The molecule has 1 aliphatic rings. The van der Waals surface area contributed by atoms with Gasteiger partial charge in [0.2, 0.25) is 0 Å². The van der Waals surface area contributed by atoms with Gasteiger partial charge in [0.15, 0.2) is 16.3 Å². The van der Waals surface area contributed by atoms with Crippen LogP contribution in [0, 0.1) is 15.9 Å². The molecule has 0 amide bonds. The third kappa shape index (κ3) is 6.12. The van der Waals surface area contributed by atoms with Gasteiger partial charge in [0.25, 0.3) is 11.2 Å². The van der Waals surface area contributed by atoms with E-state index < -0.39 is 28.3 Å². The van der Waals surface area contributed by atoms with Crippen LogP contribution in [0.5, 0.6) is 11.5 Å². The third-order valence-corrected chi connectivity index (χ3v) is 8.05. The van der Waals surface area contributed by atoms with Crippen LogP contribution in [0.15, 0.2) is 81.7 Å². The van der Waals surface area contributed by atoms with Crippen LogP contribution in [0.2, 0.25) is 5.02 Å². The Morgan fingerprint density at radius 1 is 1.18 bits per heavy atom. The molecule has 1 aliphatic heterocycles. The Morgan fingerprint density at radius 3 is 2.52 bits per heavy atom. The Labute approximate surface area is 259 Å². The van der Waals surface area contributed by atoms with Crippen molar-refractivity contribution in [3.63, 3.8) is 0 Å². The Kier molecular flexibility index (Phi) is 8.93. The molecule has 0 saturated heterocycles. The quantitative estimate of drug-likeness (QED) is 0.142. The predicted octanol–water partition coefficient (Wildman–Crippen LogP) is 5.09. The smallest absolute Gasteiger partial charge is 0.338 e. The molecule has 0 radical (unpaired) electrons. The van der Waals surface area contributed by atoms with Gasteiger partial charge in [-0.15, -0.1) is 0 Å². The number of rotatable bonds is 9. The monoisotopic (exact) mass is 637 g/mol. The highest BCUT2D eigenvalue weighted by molar-refractivity contribution is 7.07. The summed E-state index contributed by atoms with van der Waals surface area (Å²) in [7, 11) is 1.45. The number of carbonyl (C=O) groups is 1. The highest BCUT2D eigenvalue weighted by Gasteiger charge is 2.33. The van der Waals surface area contributed by atoms with E-state index in [0.717, 1.165) is 11.3 Å². The van der Waals surface area contributed by atoms with E-state index >= 15 is 0 Å². The number of carbonyl (C=O) groups excluding carboxylic acids is 1. The van der Waals surface area contributed by atoms with E-state index in [1.807, 2.05) is 0 Å². The minimum absolute atomic E-state index is 0.0322. The van der Waals surface area contributed by atoms with Gasteiger partial charge in [0.1, 0.15) is 12.4 Å². The topological polar surface area (TPSA) is 122 Å². The van der Waals surface area contributed by atoms with Crippen LogP contribution in [-0.2, 0) is 16.1 Å². The predicted molar refractivity (Wildman–Crippen MR) is 162 cm³/mol. The van der Waals surface area contributed by atoms with E-state index in [0.29, 0.717) is 37.5 Å². The van der Waals surface area contributed by atoms with Gasteiger partial charge in [-0.3, -0.25) is 19.5 Å². The average molecular weight is 638 g/mol. The fourth-order valence-corrected chi connectivity index (χ4v) is 6.06. The van der Waals surface area contributed by atoms with Crippen molar-refractivity contribution in [3.8, 4) is 11.5 Å². The Balaban J connectivity index is 1.53. The largest absolute Gasteiger partial charge is 0.493 e. The lowest BCUT2D eigenvalue weighted by atomic mass is 9.96. The molecule has 10 nitrogen and oxygen atoms in total. The van der Waals surface area contributed by atoms with Crippen LogP contribution in [0.25, 0.3) is 6.08 Å². The number of hydrogen-bond donors (Lipinski definition) is 0. The molecule has 4 aromatic rings. The van der Waals surface area contributed by atoms with Crippen molar-refractivity contribution in [2.75, 3.05) is 13.7 Å². The molecule has 0 fully saturated rings. The van der Waals surface area contributed by atoms with Crippen molar-refractivity contribution in [2.45, 2.75) is 26.5 Å². The van der Waals surface area contributed by atoms with Crippen molar-refractivity contribution in [2.24, 2.45) is 4.99 Å². The van der Waals surface area contributed by atoms with Crippen LogP contribution in [-0.4, -0.2) is 29.2 Å². The van der Waals surface area contributed by atoms with Gasteiger partial charge >= 0.3 is 5.97 Å². The van der Waals surface area contributed by atoms with Crippen molar-refractivity contribution in [3.05, 3.63) is 129 Å². The number of methoxy groups -OCH3 is 1. The summed E-state index contributed by atoms with van der Waals surface area (Å²) in [6.07, 6.45) is 1.63. The average Bonchev–Trinajstić information content (AvgIpc) is 3.30. The molecule has 13 heteroatoms. The van der Waals surface area contributed by atoms with Crippen LogP contribution in [0.1, 0.15) is 36.6 Å². The molecule has 1 aromatic heterocycles. The molecular formula is C31H25ClFN3O7S. The maximum Gasteiger partial charge on any atom is 0.338 e. The molecule has 0 unspecified atom stereocenters. The number of ether oxygens (including phenoxy) is 3. The van der Waals surface area contributed by atoms with E-state index in [9.17, 15) is 24.1 Å². The first-order chi connectivity index (χ1) is 21.1. The highest BCUT2D eigenvalue weighted by atomic mass is 35.5. The number of esters is 1. The van der Waals surface area contributed by atoms with Crippen LogP contribution < -0.4 is 24.4 Å². The van der Waals surface area contributed by atoms with Gasteiger partial charge in [-0.1, -0.05) is 35.1 Å². The van der Waals surface area contributed by atoms with Gasteiger partial charge in [0.05, 0.1) is 45.5 Å². The number of non-ortho nitro benzene ring substituents is 1. The standard InChI is InChI=1S/C31H25ClFN3O7S/c1-4-42-30(38)26-17(2)34-31-35(27(26)20-7-9-21(33)10-8-20)29(37)25(44-31)15-19-13-23(32)28(24(14-19)41-3)43-16-18-5-11-22(12-6-18)36(39)40/h5-15,27H,4,16H2,1-3H3/b25-15-/t27-/m0/s1. The van der Waals surface area contributed by atoms with E-state index in [2.05, 4.69) is 4.99 Å². The molecule has 5 rings (SSSR count). The summed E-state index contributed by atoms with van der Waals surface area (Å²) in [6, 6.07) is 13.9. The lowest BCUT2D eigenvalue weighted by molar-refractivity contribution is -0.384.